The van der Waals surface area contributed by atoms with Crippen LogP contribution in [0.2, 0.25) is 10.0 Å². The number of nitrogens with zero attached hydrogens (tertiary/aromatic N) is 5. The maximum Gasteiger partial charge on any atom is 0.197 e. The van der Waals surface area contributed by atoms with Gasteiger partial charge in [0.25, 0.3) is 0 Å². The summed E-state index contributed by atoms with van der Waals surface area (Å²) in [5.41, 5.74) is 7.15. The van der Waals surface area contributed by atoms with Crippen molar-refractivity contribution in [1.29, 1.82) is 0 Å². The first-order chi connectivity index (χ1) is 16.5. The summed E-state index contributed by atoms with van der Waals surface area (Å²) in [4.78, 5) is 11.2. The van der Waals surface area contributed by atoms with Gasteiger partial charge in [-0.05, 0) is 66.8 Å². The van der Waals surface area contributed by atoms with Gasteiger partial charge in [0.1, 0.15) is 15.9 Å². The molecule has 0 unspecified atom stereocenters. The molecule has 9 heteroatoms. The summed E-state index contributed by atoms with van der Waals surface area (Å²) < 4.78 is 3.05. The Bertz CT molecular complexity index is 1560. The Balaban J connectivity index is 1.44. The fourth-order valence-corrected chi connectivity index (χ4v) is 7.13. The molecule has 0 N–H and O–H groups in total. The second kappa shape index (κ2) is 8.94. The molecule has 1 aliphatic rings. The molecule has 0 saturated heterocycles. The largest absolute Gasteiger partial charge is 0.259 e. The predicted molar refractivity (Wildman–Crippen MR) is 143 cm³/mol. The van der Waals surface area contributed by atoms with Gasteiger partial charge in [-0.2, -0.15) is 0 Å². The number of aryl methyl sites for hydroxylation is 1. The molecule has 0 amide bonds. The van der Waals surface area contributed by atoms with Gasteiger partial charge in [-0.3, -0.25) is 4.40 Å². The lowest BCUT2D eigenvalue weighted by molar-refractivity contribution is 0.615. The van der Waals surface area contributed by atoms with Crippen molar-refractivity contribution in [3.8, 4) is 0 Å². The zero-order valence-corrected chi connectivity index (χ0v) is 22.1. The van der Waals surface area contributed by atoms with Gasteiger partial charge < -0.3 is 0 Å². The molecule has 6 rings (SSSR count). The van der Waals surface area contributed by atoms with Gasteiger partial charge in [-0.15, -0.1) is 21.5 Å². The van der Waals surface area contributed by atoms with E-state index in [-0.39, 0.29) is 0 Å². The molecule has 4 aromatic heterocycles. The quantitative estimate of drug-likeness (QED) is 0.220. The topological polar surface area (TPSA) is 56.0 Å². The van der Waals surface area contributed by atoms with Gasteiger partial charge >= 0.3 is 0 Å². The number of thiophene rings is 1. The van der Waals surface area contributed by atoms with Gasteiger partial charge in [0.15, 0.2) is 10.8 Å². The minimum Gasteiger partial charge on any atom is -0.259 e. The minimum absolute atomic E-state index is 0.562. The van der Waals surface area contributed by atoms with E-state index in [1.807, 2.05) is 28.9 Å². The summed E-state index contributed by atoms with van der Waals surface area (Å²) in [5.74, 6) is 1.30. The van der Waals surface area contributed by atoms with E-state index in [0.29, 0.717) is 16.0 Å². The van der Waals surface area contributed by atoms with E-state index in [2.05, 4.69) is 24.0 Å². The number of fused-ring (bicyclic) bond motifs is 7. The maximum atomic E-state index is 6.17. The van der Waals surface area contributed by atoms with Crippen molar-refractivity contribution < 1.29 is 0 Å². The van der Waals surface area contributed by atoms with Crippen LogP contribution < -0.4 is 0 Å². The lowest BCUT2D eigenvalue weighted by Crippen LogP contribution is -2.11. The molecule has 1 aromatic carbocycles. The number of halogens is 2. The van der Waals surface area contributed by atoms with Crippen LogP contribution >= 0.6 is 46.3 Å². The van der Waals surface area contributed by atoms with Crippen molar-refractivity contribution in [3.63, 3.8) is 0 Å². The summed E-state index contributed by atoms with van der Waals surface area (Å²) in [7, 11) is 0. The monoisotopic (exact) mass is 527 g/mol. The summed E-state index contributed by atoms with van der Waals surface area (Å²) >= 11 is 15.5. The Hall–Kier alpha value is -1.93. The molecule has 0 fully saturated rings. The van der Waals surface area contributed by atoms with Crippen molar-refractivity contribution in [1.82, 2.24) is 24.6 Å². The molecule has 1 aliphatic carbocycles. The van der Waals surface area contributed by atoms with E-state index in [9.17, 15) is 0 Å². The maximum absolute atomic E-state index is 6.17. The first kappa shape index (κ1) is 22.5. The molecule has 4 heterocycles. The van der Waals surface area contributed by atoms with Crippen molar-refractivity contribution in [2.75, 3.05) is 0 Å². The first-order valence-corrected chi connectivity index (χ1v) is 14.1. The van der Waals surface area contributed by atoms with E-state index >= 15 is 0 Å². The van der Waals surface area contributed by atoms with Gasteiger partial charge in [-0.1, -0.05) is 54.9 Å². The molecular weight excluding hydrogens is 505 g/mol. The van der Waals surface area contributed by atoms with Crippen LogP contribution in [0.25, 0.3) is 26.1 Å². The van der Waals surface area contributed by atoms with Crippen LogP contribution in [-0.4, -0.2) is 24.6 Å². The van der Waals surface area contributed by atoms with E-state index < -0.39 is 0 Å². The third kappa shape index (κ3) is 3.87. The zero-order valence-electron chi connectivity index (χ0n) is 18.9. The van der Waals surface area contributed by atoms with Crippen molar-refractivity contribution in [3.05, 3.63) is 57.0 Å². The van der Waals surface area contributed by atoms with Gasteiger partial charge in [0.05, 0.1) is 15.6 Å². The smallest absolute Gasteiger partial charge is 0.197 e. The van der Waals surface area contributed by atoms with E-state index in [1.54, 1.807) is 23.1 Å². The third-order valence-corrected chi connectivity index (χ3v) is 9.16. The molecule has 174 valence electrons. The van der Waals surface area contributed by atoms with Gasteiger partial charge in [0.2, 0.25) is 0 Å². The highest BCUT2D eigenvalue weighted by atomic mass is 35.5. The predicted octanol–water partition coefficient (Wildman–Crippen LogP) is 7.56. The minimum atomic E-state index is 0.562. The zero-order chi connectivity index (χ0) is 23.4. The van der Waals surface area contributed by atoms with Crippen molar-refractivity contribution >= 4 is 72.4 Å². The van der Waals surface area contributed by atoms with Crippen LogP contribution in [0.5, 0.6) is 0 Å². The van der Waals surface area contributed by atoms with Crippen LogP contribution in [0, 0.1) is 5.92 Å². The number of benzene rings is 1. The SMILES string of the molecule is CC(C)Cc1nc2sc3c(ncn4c(SCc5ccc(Cl)c(Cl)c5)nnc34)c2c2c1CCCC2. The Morgan fingerprint density at radius 1 is 1.09 bits per heavy atom. The molecule has 0 spiro atoms. The number of hydrogen-bond acceptors (Lipinski definition) is 6. The molecule has 0 aliphatic heterocycles. The Kier molecular flexibility index (Phi) is 5.92. The molecule has 0 bridgehead atoms. The van der Waals surface area contributed by atoms with Crippen LogP contribution in [0.3, 0.4) is 0 Å². The summed E-state index contributed by atoms with van der Waals surface area (Å²) in [6.45, 7) is 4.54. The molecule has 5 aromatic rings. The van der Waals surface area contributed by atoms with Crippen LogP contribution in [0.15, 0.2) is 29.7 Å². The second-order valence-corrected chi connectivity index (χ2v) is 12.0. The fourth-order valence-electron chi connectivity index (χ4n) is 4.81. The van der Waals surface area contributed by atoms with Gasteiger partial charge in [-0.25, -0.2) is 9.97 Å². The standard InChI is InChI=1S/C25H23Cl2N5S2/c1-13(2)9-19-15-5-3-4-6-16(15)20-21-22(34-24(20)29-19)23-30-31-25(32(23)12-28-21)33-11-14-7-8-17(26)18(27)10-14/h7-8,10,12-13H,3-6,9,11H2,1-2H3. The summed E-state index contributed by atoms with van der Waals surface area (Å²) in [6, 6.07) is 5.70. The number of thioether (sulfide) groups is 1. The summed E-state index contributed by atoms with van der Waals surface area (Å²) in [5, 5.41) is 12.2. The van der Waals surface area contributed by atoms with E-state index in [0.717, 1.165) is 56.4 Å². The van der Waals surface area contributed by atoms with Crippen LogP contribution in [-0.2, 0) is 25.0 Å². The Morgan fingerprint density at radius 2 is 1.91 bits per heavy atom. The average molecular weight is 529 g/mol. The highest BCUT2D eigenvalue weighted by Gasteiger charge is 2.24. The molecule has 0 saturated carbocycles. The van der Waals surface area contributed by atoms with Crippen LogP contribution in [0.4, 0.5) is 0 Å². The molecule has 5 nitrogen and oxygen atoms in total. The number of hydrogen-bond donors (Lipinski definition) is 0. The number of aromatic nitrogens is 5. The fraction of sp³-hybridized carbons (Fsp3) is 0.360. The molecule has 34 heavy (non-hydrogen) atoms. The lowest BCUT2D eigenvalue weighted by Gasteiger charge is -2.20. The highest BCUT2D eigenvalue weighted by Crippen LogP contribution is 2.40. The van der Waals surface area contributed by atoms with E-state index in [1.165, 1.54) is 35.0 Å². The van der Waals surface area contributed by atoms with Crippen molar-refractivity contribution in [2.24, 2.45) is 5.92 Å². The Morgan fingerprint density at radius 3 is 2.71 bits per heavy atom. The van der Waals surface area contributed by atoms with Crippen molar-refractivity contribution in [2.45, 2.75) is 56.9 Å². The second-order valence-electron chi connectivity index (χ2n) is 9.24. The highest BCUT2D eigenvalue weighted by molar-refractivity contribution is 7.98. The lowest BCUT2D eigenvalue weighted by atomic mass is 9.87. The number of pyridine rings is 1. The molecular formula is C25H23Cl2N5S2. The first-order valence-electron chi connectivity index (χ1n) is 11.5. The van der Waals surface area contributed by atoms with Crippen LogP contribution in [0.1, 0.15) is 49.1 Å². The third-order valence-electron chi connectivity index (χ3n) is 6.34. The summed E-state index contributed by atoms with van der Waals surface area (Å²) in [6.07, 6.45) is 7.59. The van der Waals surface area contributed by atoms with Gasteiger partial charge in [0, 0.05) is 16.8 Å². The van der Waals surface area contributed by atoms with E-state index in [4.69, 9.17) is 33.2 Å². The average Bonchev–Trinajstić information content (AvgIpc) is 3.40. The number of rotatable bonds is 5. The molecule has 0 radical (unpaired) electrons. The molecule has 0 atom stereocenters. The Labute approximate surface area is 215 Å². The normalized spacial score (nSPS) is 14.0.